The van der Waals surface area contributed by atoms with Crippen LogP contribution in [0.4, 0.5) is 5.82 Å². The van der Waals surface area contributed by atoms with Crippen LogP contribution in [-0.2, 0) is 4.74 Å². The highest BCUT2D eigenvalue weighted by molar-refractivity contribution is 6.29. The molecule has 0 spiro atoms. The van der Waals surface area contributed by atoms with Crippen LogP contribution in [-0.4, -0.2) is 30.1 Å². The summed E-state index contributed by atoms with van der Waals surface area (Å²) >= 11 is 5.78. The first-order valence-corrected chi connectivity index (χ1v) is 5.97. The molecule has 6 nitrogen and oxygen atoms in total. The molecule has 0 saturated carbocycles. The summed E-state index contributed by atoms with van der Waals surface area (Å²) < 4.78 is 5.22. The third kappa shape index (κ3) is 4.48. The van der Waals surface area contributed by atoms with Gasteiger partial charge in [-0.15, -0.1) is 0 Å². The number of hydrazine groups is 1. The first kappa shape index (κ1) is 14.7. The average molecular weight is 273 g/mol. The molecular formula is C11H17ClN4O2. The van der Waals surface area contributed by atoms with Crippen LogP contribution in [0.15, 0.2) is 12.1 Å². The summed E-state index contributed by atoms with van der Waals surface area (Å²) in [5, 5.41) is 2.99. The summed E-state index contributed by atoms with van der Waals surface area (Å²) in [6.45, 7) is 4.83. The normalized spacial score (nSPS) is 12.0. The molecule has 0 aliphatic rings. The zero-order valence-electron chi connectivity index (χ0n) is 10.4. The van der Waals surface area contributed by atoms with Crippen LogP contribution in [0.2, 0.25) is 5.15 Å². The predicted molar refractivity (Wildman–Crippen MR) is 70.5 cm³/mol. The standard InChI is InChI=1S/C11H17ClN4O2/c1-3-18-6-7(2)14-11(17)8-4-9(12)15-10(5-8)16-13/h4-5,7H,3,6,13H2,1-2H3,(H,14,17)(H,15,16). The quantitative estimate of drug-likeness (QED) is 0.411. The largest absolute Gasteiger partial charge is 0.380 e. The first-order chi connectivity index (χ1) is 8.56. The van der Waals surface area contributed by atoms with Gasteiger partial charge in [0.15, 0.2) is 0 Å². The number of pyridine rings is 1. The maximum atomic E-state index is 11.9. The van der Waals surface area contributed by atoms with Crippen LogP contribution < -0.4 is 16.6 Å². The van der Waals surface area contributed by atoms with Crippen LogP contribution >= 0.6 is 11.6 Å². The third-order valence-corrected chi connectivity index (χ3v) is 2.35. The molecule has 1 aromatic heterocycles. The zero-order valence-corrected chi connectivity index (χ0v) is 11.1. The van der Waals surface area contributed by atoms with E-state index < -0.39 is 0 Å². The lowest BCUT2D eigenvalue weighted by atomic mass is 10.2. The van der Waals surface area contributed by atoms with E-state index in [9.17, 15) is 4.79 Å². The van der Waals surface area contributed by atoms with Crippen molar-refractivity contribution in [2.45, 2.75) is 19.9 Å². The number of nitrogens with zero attached hydrogens (tertiary/aromatic N) is 1. The summed E-state index contributed by atoms with van der Waals surface area (Å²) in [6.07, 6.45) is 0. The second-order valence-electron chi connectivity index (χ2n) is 3.74. The summed E-state index contributed by atoms with van der Waals surface area (Å²) in [6, 6.07) is 2.92. The Morgan fingerprint density at radius 2 is 2.33 bits per heavy atom. The number of anilines is 1. The van der Waals surface area contributed by atoms with E-state index in [1.54, 1.807) is 0 Å². The number of carbonyl (C=O) groups excluding carboxylic acids is 1. The van der Waals surface area contributed by atoms with Crippen molar-refractivity contribution in [3.8, 4) is 0 Å². The highest BCUT2D eigenvalue weighted by Crippen LogP contribution is 2.13. The van der Waals surface area contributed by atoms with E-state index >= 15 is 0 Å². The minimum Gasteiger partial charge on any atom is -0.380 e. The molecule has 4 N–H and O–H groups in total. The Balaban J connectivity index is 2.68. The topological polar surface area (TPSA) is 89.3 Å². The van der Waals surface area contributed by atoms with Gasteiger partial charge in [0.25, 0.3) is 5.91 Å². The second kappa shape index (κ2) is 7.15. The van der Waals surface area contributed by atoms with Gasteiger partial charge >= 0.3 is 0 Å². The van der Waals surface area contributed by atoms with E-state index in [-0.39, 0.29) is 17.1 Å². The lowest BCUT2D eigenvalue weighted by Crippen LogP contribution is -2.36. The summed E-state index contributed by atoms with van der Waals surface area (Å²) in [5.41, 5.74) is 2.75. The van der Waals surface area contributed by atoms with E-state index in [1.165, 1.54) is 12.1 Å². The number of halogens is 1. The van der Waals surface area contributed by atoms with E-state index in [2.05, 4.69) is 15.7 Å². The fourth-order valence-corrected chi connectivity index (χ4v) is 1.55. The molecule has 7 heteroatoms. The molecule has 100 valence electrons. The number of hydrogen-bond acceptors (Lipinski definition) is 5. The molecule has 18 heavy (non-hydrogen) atoms. The van der Waals surface area contributed by atoms with Gasteiger partial charge in [-0.2, -0.15) is 0 Å². The SMILES string of the molecule is CCOCC(C)NC(=O)c1cc(Cl)nc(NN)c1. The summed E-state index contributed by atoms with van der Waals surface area (Å²) in [4.78, 5) is 15.8. The molecule has 1 heterocycles. The van der Waals surface area contributed by atoms with Gasteiger partial charge in [-0.3, -0.25) is 4.79 Å². The van der Waals surface area contributed by atoms with E-state index in [0.717, 1.165) is 0 Å². The summed E-state index contributed by atoms with van der Waals surface area (Å²) in [5.74, 6) is 5.32. The number of ether oxygens (including phenoxy) is 1. The predicted octanol–water partition coefficient (Wildman–Crippen LogP) is 1.18. The molecule has 0 aliphatic heterocycles. The average Bonchev–Trinajstić information content (AvgIpc) is 2.35. The van der Waals surface area contributed by atoms with Gasteiger partial charge in [-0.1, -0.05) is 11.6 Å². The molecule has 0 aliphatic carbocycles. The van der Waals surface area contributed by atoms with Gasteiger partial charge < -0.3 is 15.5 Å². The zero-order chi connectivity index (χ0) is 13.5. The summed E-state index contributed by atoms with van der Waals surface area (Å²) in [7, 11) is 0. The molecular weight excluding hydrogens is 256 g/mol. The smallest absolute Gasteiger partial charge is 0.251 e. The van der Waals surface area contributed by atoms with Gasteiger partial charge in [0.05, 0.1) is 6.61 Å². The van der Waals surface area contributed by atoms with Crippen LogP contribution in [0.3, 0.4) is 0 Å². The van der Waals surface area contributed by atoms with Crippen LogP contribution in [0.5, 0.6) is 0 Å². The van der Waals surface area contributed by atoms with Crippen molar-refractivity contribution in [2.24, 2.45) is 5.84 Å². The van der Waals surface area contributed by atoms with Crippen molar-refractivity contribution < 1.29 is 9.53 Å². The maximum Gasteiger partial charge on any atom is 0.251 e. The van der Waals surface area contributed by atoms with Crippen molar-refractivity contribution in [3.05, 3.63) is 22.8 Å². The molecule has 0 aromatic carbocycles. The van der Waals surface area contributed by atoms with Crippen molar-refractivity contribution >= 4 is 23.3 Å². The van der Waals surface area contributed by atoms with Crippen molar-refractivity contribution in [2.75, 3.05) is 18.6 Å². The Morgan fingerprint density at radius 3 is 2.94 bits per heavy atom. The Bertz CT molecular complexity index is 414. The molecule has 1 rings (SSSR count). The Morgan fingerprint density at radius 1 is 1.61 bits per heavy atom. The van der Waals surface area contributed by atoms with Gasteiger partial charge in [0.1, 0.15) is 11.0 Å². The fraction of sp³-hybridized carbons (Fsp3) is 0.455. The Labute approximate surface area is 111 Å². The third-order valence-electron chi connectivity index (χ3n) is 2.15. The number of nitrogens with one attached hydrogen (secondary N) is 2. The molecule has 1 unspecified atom stereocenters. The van der Waals surface area contributed by atoms with Gasteiger partial charge in [-0.05, 0) is 26.0 Å². The number of rotatable bonds is 6. The lowest BCUT2D eigenvalue weighted by Gasteiger charge is -2.14. The maximum absolute atomic E-state index is 11.9. The van der Waals surface area contributed by atoms with E-state index in [4.69, 9.17) is 22.2 Å². The van der Waals surface area contributed by atoms with E-state index in [0.29, 0.717) is 24.6 Å². The molecule has 1 atom stereocenters. The number of amides is 1. The molecule has 1 amide bonds. The highest BCUT2D eigenvalue weighted by atomic mass is 35.5. The van der Waals surface area contributed by atoms with Crippen molar-refractivity contribution in [3.63, 3.8) is 0 Å². The highest BCUT2D eigenvalue weighted by Gasteiger charge is 2.12. The monoisotopic (exact) mass is 272 g/mol. The Hall–Kier alpha value is -1.37. The number of hydrogen-bond donors (Lipinski definition) is 3. The van der Waals surface area contributed by atoms with Crippen molar-refractivity contribution in [1.82, 2.24) is 10.3 Å². The molecule has 0 bridgehead atoms. The van der Waals surface area contributed by atoms with Crippen molar-refractivity contribution in [1.29, 1.82) is 0 Å². The second-order valence-corrected chi connectivity index (χ2v) is 4.13. The van der Waals surface area contributed by atoms with E-state index in [1.807, 2.05) is 13.8 Å². The van der Waals surface area contributed by atoms with Crippen LogP contribution in [0.1, 0.15) is 24.2 Å². The molecule has 1 aromatic rings. The van der Waals surface area contributed by atoms with Crippen LogP contribution in [0.25, 0.3) is 0 Å². The van der Waals surface area contributed by atoms with Gasteiger partial charge in [0.2, 0.25) is 0 Å². The number of aromatic nitrogens is 1. The van der Waals surface area contributed by atoms with Gasteiger partial charge in [-0.25, -0.2) is 10.8 Å². The number of nitrogen functional groups attached to an aromatic ring is 1. The number of nitrogens with two attached hydrogens (primary N) is 1. The molecule has 0 saturated heterocycles. The Kier molecular flexibility index (Phi) is 5.84. The molecule has 0 fully saturated rings. The minimum atomic E-state index is -0.247. The molecule has 0 radical (unpaired) electrons. The first-order valence-electron chi connectivity index (χ1n) is 5.59. The van der Waals surface area contributed by atoms with Gasteiger partial charge in [0, 0.05) is 18.2 Å². The lowest BCUT2D eigenvalue weighted by molar-refractivity contribution is 0.0872. The minimum absolute atomic E-state index is 0.0846. The fourth-order valence-electron chi connectivity index (χ4n) is 1.35. The number of carbonyl (C=O) groups is 1. The van der Waals surface area contributed by atoms with Crippen LogP contribution in [0, 0.1) is 0 Å².